The Morgan fingerprint density at radius 1 is 1.24 bits per heavy atom. The second-order valence-corrected chi connectivity index (χ2v) is 6.87. The first-order valence-corrected chi connectivity index (χ1v) is 8.44. The molecule has 2 aromatic rings. The Labute approximate surface area is 131 Å². The van der Waals surface area contributed by atoms with Gasteiger partial charge < -0.3 is 9.73 Å². The van der Waals surface area contributed by atoms with Gasteiger partial charge in [-0.1, -0.05) is 44.9 Å². The van der Waals surface area contributed by atoms with Gasteiger partial charge in [0.05, 0.1) is 0 Å². The van der Waals surface area contributed by atoms with Gasteiger partial charge in [0, 0.05) is 23.5 Å². The first-order chi connectivity index (χ1) is 10.2. The maximum atomic E-state index is 6.28. The molecule has 1 saturated carbocycles. The lowest BCUT2D eigenvalue weighted by atomic mass is 9.78. The number of furan rings is 1. The minimum Gasteiger partial charge on any atom is -0.444 e. The Bertz CT molecular complexity index is 604. The van der Waals surface area contributed by atoms with Crippen LogP contribution in [0.15, 0.2) is 28.7 Å². The fourth-order valence-corrected chi connectivity index (χ4v) is 3.93. The summed E-state index contributed by atoms with van der Waals surface area (Å²) in [6.07, 6.45) is 5.32. The van der Waals surface area contributed by atoms with Gasteiger partial charge in [0.25, 0.3) is 0 Å². The monoisotopic (exact) mass is 305 g/mol. The highest BCUT2D eigenvalue weighted by molar-refractivity contribution is 6.30. The number of benzene rings is 1. The number of nitrogens with one attached hydrogen (secondary N) is 1. The van der Waals surface area contributed by atoms with E-state index in [4.69, 9.17) is 16.0 Å². The van der Waals surface area contributed by atoms with E-state index in [1.807, 2.05) is 18.2 Å². The van der Waals surface area contributed by atoms with Gasteiger partial charge in [-0.2, -0.15) is 0 Å². The molecule has 0 saturated heterocycles. The van der Waals surface area contributed by atoms with Crippen molar-refractivity contribution in [2.45, 2.75) is 52.1 Å². The zero-order chi connectivity index (χ0) is 14.8. The van der Waals surface area contributed by atoms with Crippen molar-refractivity contribution in [3.63, 3.8) is 0 Å². The van der Waals surface area contributed by atoms with Crippen LogP contribution in [0.4, 0.5) is 0 Å². The smallest absolute Gasteiger partial charge is 0.199 e. The summed E-state index contributed by atoms with van der Waals surface area (Å²) in [5.74, 6) is 1.51. The Balaban J connectivity index is 1.75. The lowest BCUT2D eigenvalue weighted by molar-refractivity contribution is 0.204. The maximum Gasteiger partial charge on any atom is 0.199 e. The van der Waals surface area contributed by atoms with E-state index in [0.29, 0.717) is 11.3 Å². The summed E-state index contributed by atoms with van der Waals surface area (Å²) in [7, 11) is 0. The number of fused-ring (bicyclic) bond motifs is 1. The molecule has 3 rings (SSSR count). The van der Waals surface area contributed by atoms with Crippen LogP contribution in [-0.2, 0) is 6.54 Å². The van der Waals surface area contributed by atoms with Crippen LogP contribution < -0.4 is 5.32 Å². The van der Waals surface area contributed by atoms with Crippen molar-refractivity contribution in [3.05, 3.63) is 35.0 Å². The zero-order valence-corrected chi connectivity index (χ0v) is 13.6. The summed E-state index contributed by atoms with van der Waals surface area (Å²) in [6, 6.07) is 8.68. The third-order valence-electron chi connectivity index (χ3n) is 4.87. The van der Waals surface area contributed by atoms with Crippen molar-refractivity contribution in [3.8, 4) is 0 Å². The third kappa shape index (κ3) is 3.12. The molecule has 21 heavy (non-hydrogen) atoms. The molecule has 1 N–H and O–H groups in total. The first-order valence-electron chi connectivity index (χ1n) is 8.06. The highest BCUT2D eigenvalue weighted by Crippen LogP contribution is 2.32. The largest absolute Gasteiger partial charge is 0.444 e. The predicted molar refractivity (Wildman–Crippen MR) is 88.6 cm³/mol. The van der Waals surface area contributed by atoms with E-state index in [1.54, 1.807) is 0 Å². The minimum absolute atomic E-state index is 0.528. The van der Waals surface area contributed by atoms with Crippen molar-refractivity contribution < 1.29 is 4.42 Å². The van der Waals surface area contributed by atoms with Gasteiger partial charge in [-0.15, -0.1) is 0 Å². The highest BCUT2D eigenvalue weighted by atomic mass is 35.5. The summed E-state index contributed by atoms with van der Waals surface area (Å²) in [6.45, 7) is 5.47. The average Bonchev–Trinajstić information content (AvgIpc) is 2.81. The van der Waals surface area contributed by atoms with Crippen molar-refractivity contribution in [1.29, 1.82) is 0 Å². The molecule has 3 heteroatoms. The SMILES string of the molecule is CC(C)C1CCCCC1NCc1c(Cl)oc2ccccc12. The van der Waals surface area contributed by atoms with Gasteiger partial charge in [-0.3, -0.25) is 0 Å². The Morgan fingerprint density at radius 3 is 2.81 bits per heavy atom. The van der Waals surface area contributed by atoms with Crippen molar-refractivity contribution in [2.24, 2.45) is 11.8 Å². The van der Waals surface area contributed by atoms with Crippen LogP contribution >= 0.6 is 11.6 Å². The molecule has 0 radical (unpaired) electrons. The van der Waals surface area contributed by atoms with Gasteiger partial charge in [-0.25, -0.2) is 0 Å². The molecular weight excluding hydrogens is 282 g/mol. The van der Waals surface area contributed by atoms with Crippen LogP contribution in [0.5, 0.6) is 0 Å². The van der Waals surface area contributed by atoms with E-state index in [9.17, 15) is 0 Å². The Kier molecular flexibility index (Phi) is 4.56. The van der Waals surface area contributed by atoms with Crippen molar-refractivity contribution in [1.82, 2.24) is 5.32 Å². The van der Waals surface area contributed by atoms with Crippen LogP contribution in [0.3, 0.4) is 0 Å². The molecular formula is C18H24ClNO. The average molecular weight is 306 g/mol. The van der Waals surface area contributed by atoms with Crippen LogP contribution in [0, 0.1) is 11.8 Å². The molecule has 1 heterocycles. The number of hydrogen-bond acceptors (Lipinski definition) is 2. The molecule has 0 amide bonds. The van der Waals surface area contributed by atoms with Gasteiger partial charge >= 0.3 is 0 Å². The second-order valence-electron chi connectivity index (χ2n) is 6.53. The Hall–Kier alpha value is -0.990. The normalized spacial score (nSPS) is 23.0. The van der Waals surface area contributed by atoms with Crippen molar-refractivity contribution >= 4 is 22.6 Å². The fourth-order valence-electron chi connectivity index (χ4n) is 3.68. The summed E-state index contributed by atoms with van der Waals surface area (Å²) >= 11 is 6.28. The van der Waals surface area contributed by atoms with Gasteiger partial charge in [0.2, 0.25) is 0 Å². The molecule has 1 aromatic heterocycles. The molecule has 0 bridgehead atoms. The van der Waals surface area contributed by atoms with E-state index in [1.165, 1.54) is 25.7 Å². The molecule has 114 valence electrons. The molecule has 2 atom stereocenters. The van der Waals surface area contributed by atoms with E-state index < -0.39 is 0 Å². The summed E-state index contributed by atoms with van der Waals surface area (Å²) in [5.41, 5.74) is 1.98. The first kappa shape index (κ1) is 14.9. The Morgan fingerprint density at radius 2 is 2.00 bits per heavy atom. The molecule has 2 unspecified atom stereocenters. The third-order valence-corrected chi connectivity index (χ3v) is 5.17. The lowest BCUT2D eigenvalue weighted by Gasteiger charge is -2.35. The van der Waals surface area contributed by atoms with Crippen LogP contribution in [0.2, 0.25) is 5.22 Å². The van der Waals surface area contributed by atoms with Crippen molar-refractivity contribution in [2.75, 3.05) is 0 Å². The van der Waals surface area contributed by atoms with E-state index in [-0.39, 0.29) is 0 Å². The quantitative estimate of drug-likeness (QED) is 0.819. The zero-order valence-electron chi connectivity index (χ0n) is 12.9. The number of halogens is 1. The molecule has 1 aliphatic carbocycles. The summed E-state index contributed by atoms with van der Waals surface area (Å²) in [5, 5.41) is 5.40. The highest BCUT2D eigenvalue weighted by Gasteiger charge is 2.27. The van der Waals surface area contributed by atoms with Gasteiger partial charge in [0.1, 0.15) is 5.58 Å². The number of para-hydroxylation sites is 1. The molecule has 1 fully saturated rings. The molecule has 0 aliphatic heterocycles. The fraction of sp³-hybridized carbons (Fsp3) is 0.556. The molecule has 0 spiro atoms. The van der Waals surface area contributed by atoms with Crippen LogP contribution in [-0.4, -0.2) is 6.04 Å². The summed E-state index contributed by atoms with van der Waals surface area (Å²) < 4.78 is 5.64. The molecule has 1 aliphatic rings. The van der Waals surface area contributed by atoms with Gasteiger partial charge in [-0.05, 0) is 42.3 Å². The number of hydrogen-bond donors (Lipinski definition) is 1. The second kappa shape index (κ2) is 6.41. The van der Waals surface area contributed by atoms with Crippen LogP contribution in [0.25, 0.3) is 11.0 Å². The molecule has 2 nitrogen and oxygen atoms in total. The minimum atomic E-state index is 0.528. The standard InChI is InChI=1S/C18H24ClNO/c1-12(2)13-7-3-5-9-16(13)20-11-15-14-8-4-6-10-17(14)21-18(15)19/h4,6,8,10,12-13,16,20H,3,5,7,9,11H2,1-2H3. The maximum absolute atomic E-state index is 6.28. The van der Waals surface area contributed by atoms with E-state index in [0.717, 1.165) is 34.9 Å². The van der Waals surface area contributed by atoms with Crippen LogP contribution in [0.1, 0.15) is 45.1 Å². The number of rotatable bonds is 4. The topological polar surface area (TPSA) is 25.2 Å². The van der Waals surface area contributed by atoms with E-state index in [2.05, 4.69) is 25.2 Å². The predicted octanol–water partition coefficient (Wildman–Crippen LogP) is 5.39. The summed E-state index contributed by atoms with van der Waals surface area (Å²) in [4.78, 5) is 0. The van der Waals surface area contributed by atoms with E-state index >= 15 is 0 Å². The lowest BCUT2D eigenvalue weighted by Crippen LogP contribution is -2.40. The molecule has 1 aromatic carbocycles. The van der Waals surface area contributed by atoms with Gasteiger partial charge in [0.15, 0.2) is 5.22 Å².